The molecule has 36 heavy (non-hydrogen) atoms. The largest absolute Gasteiger partial charge is 0.469 e. The fraction of sp³-hybridized carbons (Fsp3) is 0.586. The lowest BCUT2D eigenvalue weighted by atomic mass is 9.71. The minimum Gasteiger partial charge on any atom is -0.469 e. The molecule has 3 atom stereocenters. The topological polar surface area (TPSA) is 82.8 Å². The van der Waals surface area contributed by atoms with Gasteiger partial charge in [0.2, 0.25) is 0 Å². The summed E-state index contributed by atoms with van der Waals surface area (Å²) in [5, 5.41) is 24.1. The molecule has 1 aromatic carbocycles. The van der Waals surface area contributed by atoms with Gasteiger partial charge in [0.1, 0.15) is 6.10 Å². The molecule has 0 spiro atoms. The molecule has 0 bridgehead atoms. The summed E-state index contributed by atoms with van der Waals surface area (Å²) in [6, 6.07) is 16.1. The Kier molecular flexibility index (Phi) is 10.3. The maximum absolute atomic E-state index is 13.1. The Morgan fingerprint density at radius 1 is 1.11 bits per heavy atom. The number of ether oxygens (including phenoxy) is 1. The number of esters is 1. The molecule has 0 aliphatic rings. The van der Waals surface area contributed by atoms with Crippen LogP contribution in [-0.2, 0) is 14.4 Å². The summed E-state index contributed by atoms with van der Waals surface area (Å²) >= 11 is 1.66. The van der Waals surface area contributed by atoms with Crippen molar-refractivity contribution >= 4 is 17.3 Å². The number of thiophene rings is 1. The predicted octanol–water partition coefficient (Wildman–Crippen LogP) is 6.70. The molecule has 0 amide bonds. The lowest BCUT2D eigenvalue weighted by Gasteiger charge is -2.45. The van der Waals surface area contributed by atoms with E-state index in [0.29, 0.717) is 12.8 Å². The predicted molar refractivity (Wildman–Crippen MR) is 144 cm³/mol. The number of hydrogen-bond donors (Lipinski definition) is 1. The van der Waals surface area contributed by atoms with Crippen molar-refractivity contribution in [2.45, 2.75) is 79.0 Å². The van der Waals surface area contributed by atoms with E-state index >= 15 is 0 Å². The number of aliphatic hydroxyl groups excluding tert-OH is 1. The summed E-state index contributed by atoms with van der Waals surface area (Å²) in [7, 11) is 1.38. The molecule has 3 unspecified atom stereocenters. The number of hydroxylamine groups is 2. The molecular weight excluding hydrogens is 472 g/mol. The Bertz CT molecular complexity index is 998. The molecule has 2 aromatic rings. The second-order valence-corrected chi connectivity index (χ2v) is 12.4. The lowest BCUT2D eigenvalue weighted by molar-refractivity contribution is -0.290. The lowest BCUT2D eigenvalue weighted by Crippen LogP contribution is -2.50. The number of carbonyl (C=O) groups excluding carboxylic acids is 1. The number of rotatable bonds is 13. The molecule has 1 N–H and O–H groups in total. The van der Waals surface area contributed by atoms with Crippen LogP contribution in [0.15, 0.2) is 47.8 Å². The van der Waals surface area contributed by atoms with Crippen molar-refractivity contribution in [3.05, 3.63) is 58.3 Å². The van der Waals surface area contributed by atoms with Crippen LogP contribution < -0.4 is 0 Å². The summed E-state index contributed by atoms with van der Waals surface area (Å²) in [6.07, 6.45) is 0.108. The Morgan fingerprint density at radius 2 is 1.75 bits per heavy atom. The van der Waals surface area contributed by atoms with Gasteiger partial charge in [0.05, 0.1) is 42.2 Å². The zero-order valence-electron chi connectivity index (χ0n) is 22.9. The van der Waals surface area contributed by atoms with E-state index in [1.165, 1.54) is 7.11 Å². The quantitative estimate of drug-likeness (QED) is 0.237. The molecular formula is C29H42N2O4S. The fourth-order valence-electron chi connectivity index (χ4n) is 4.75. The van der Waals surface area contributed by atoms with Crippen LogP contribution >= 0.6 is 11.3 Å². The van der Waals surface area contributed by atoms with Gasteiger partial charge in [-0.1, -0.05) is 50.2 Å². The van der Waals surface area contributed by atoms with E-state index < -0.39 is 22.5 Å². The molecule has 0 radical (unpaired) electrons. The Balaban J connectivity index is 2.61. The number of nitriles is 1. The van der Waals surface area contributed by atoms with Crippen LogP contribution in [0.25, 0.3) is 0 Å². The van der Waals surface area contributed by atoms with Gasteiger partial charge in [-0.05, 0) is 70.4 Å². The van der Waals surface area contributed by atoms with Crippen molar-refractivity contribution in [1.29, 1.82) is 5.26 Å². The third kappa shape index (κ3) is 7.39. The Hall–Kier alpha value is -2.24. The fourth-order valence-corrected chi connectivity index (χ4v) is 5.73. The van der Waals surface area contributed by atoms with Crippen LogP contribution in [0, 0.1) is 28.1 Å². The smallest absolute Gasteiger partial charge is 0.311 e. The molecule has 7 heteroatoms. The highest BCUT2D eigenvalue weighted by molar-refractivity contribution is 7.10. The molecule has 0 aliphatic heterocycles. The average molecular weight is 515 g/mol. The summed E-state index contributed by atoms with van der Waals surface area (Å²) in [4.78, 5) is 21.1. The first kappa shape index (κ1) is 30.0. The van der Waals surface area contributed by atoms with Crippen LogP contribution in [0.2, 0.25) is 0 Å². The van der Waals surface area contributed by atoms with E-state index in [9.17, 15) is 15.2 Å². The number of hydrogen-bond acceptors (Lipinski definition) is 7. The van der Waals surface area contributed by atoms with Crippen LogP contribution in [0.5, 0.6) is 0 Å². The van der Waals surface area contributed by atoms with Crippen molar-refractivity contribution in [2.75, 3.05) is 13.7 Å². The molecule has 6 nitrogen and oxygen atoms in total. The zero-order valence-corrected chi connectivity index (χ0v) is 23.8. The summed E-state index contributed by atoms with van der Waals surface area (Å²) < 4.78 is 5.22. The van der Waals surface area contributed by atoms with Crippen molar-refractivity contribution in [3.63, 3.8) is 0 Å². The number of benzene rings is 1. The molecule has 1 aromatic heterocycles. The normalized spacial score (nSPS) is 15.8. The van der Waals surface area contributed by atoms with Gasteiger partial charge in [0, 0.05) is 4.88 Å². The minimum absolute atomic E-state index is 0.112. The highest BCUT2D eigenvalue weighted by Crippen LogP contribution is 2.45. The van der Waals surface area contributed by atoms with Crippen LogP contribution in [-0.4, -0.2) is 35.4 Å². The maximum Gasteiger partial charge on any atom is 0.311 e. The van der Waals surface area contributed by atoms with E-state index in [-0.39, 0.29) is 24.5 Å². The highest BCUT2D eigenvalue weighted by Gasteiger charge is 2.45. The molecule has 1 heterocycles. The van der Waals surface area contributed by atoms with E-state index in [0.717, 1.165) is 10.4 Å². The van der Waals surface area contributed by atoms with Crippen molar-refractivity contribution in [3.8, 4) is 6.07 Å². The standard InChI is InChI=1S/C29H42N2O4S/c1-21(2)25(24-15-12-16-36-24)31(28(5,6)20-32)35-23(22-13-10-9-11-14-22)17-29(7,26(33)34-8)18-27(3,4)19-30/h9-16,21,23,25,32H,17-18,20H2,1-8H3. The van der Waals surface area contributed by atoms with Gasteiger partial charge in [-0.2, -0.15) is 10.3 Å². The van der Waals surface area contributed by atoms with Crippen molar-refractivity contribution < 1.29 is 19.5 Å². The minimum atomic E-state index is -0.972. The molecule has 0 saturated carbocycles. The molecule has 0 fully saturated rings. The third-order valence-electron chi connectivity index (χ3n) is 6.56. The molecule has 198 valence electrons. The van der Waals surface area contributed by atoms with Gasteiger partial charge in [-0.3, -0.25) is 9.63 Å². The monoisotopic (exact) mass is 514 g/mol. The SMILES string of the molecule is COC(=O)C(C)(CC(ON(C(c1cccs1)C(C)C)C(C)(C)CO)c1ccccc1)CC(C)(C)C#N. The summed E-state index contributed by atoms with van der Waals surface area (Å²) in [5.74, 6) is -0.183. The van der Waals surface area contributed by atoms with E-state index in [2.05, 4.69) is 26.0 Å². The molecule has 2 rings (SSSR count). The van der Waals surface area contributed by atoms with Crippen molar-refractivity contribution in [1.82, 2.24) is 5.06 Å². The van der Waals surface area contributed by atoms with Gasteiger partial charge in [0.15, 0.2) is 0 Å². The second-order valence-electron chi connectivity index (χ2n) is 11.4. The molecule has 0 aliphatic carbocycles. The number of nitrogens with zero attached hydrogens (tertiary/aromatic N) is 2. The zero-order chi connectivity index (χ0) is 27.1. The first-order chi connectivity index (χ1) is 16.8. The van der Waals surface area contributed by atoms with E-state index in [1.54, 1.807) is 11.3 Å². The Morgan fingerprint density at radius 3 is 2.22 bits per heavy atom. The summed E-state index contributed by atoms with van der Waals surface area (Å²) in [6.45, 7) is 13.6. The average Bonchev–Trinajstić information content (AvgIpc) is 3.36. The van der Waals surface area contributed by atoms with Gasteiger partial charge >= 0.3 is 5.97 Å². The van der Waals surface area contributed by atoms with E-state index in [1.807, 2.05) is 81.5 Å². The van der Waals surface area contributed by atoms with Gasteiger partial charge in [-0.15, -0.1) is 11.3 Å². The number of aliphatic hydroxyl groups is 1. The first-order valence-electron chi connectivity index (χ1n) is 12.5. The molecule has 0 saturated heterocycles. The maximum atomic E-state index is 13.1. The van der Waals surface area contributed by atoms with Crippen LogP contribution in [0.1, 0.15) is 83.9 Å². The number of carbonyl (C=O) groups is 1. The van der Waals surface area contributed by atoms with Crippen LogP contribution in [0.3, 0.4) is 0 Å². The number of methoxy groups -OCH3 is 1. The summed E-state index contributed by atoms with van der Waals surface area (Å²) in [5.41, 5.74) is -1.50. The van der Waals surface area contributed by atoms with Gasteiger partial charge in [-0.25, -0.2) is 0 Å². The van der Waals surface area contributed by atoms with E-state index in [4.69, 9.17) is 9.57 Å². The third-order valence-corrected chi connectivity index (χ3v) is 7.51. The van der Waals surface area contributed by atoms with Gasteiger partial charge in [0.25, 0.3) is 0 Å². The first-order valence-corrected chi connectivity index (χ1v) is 13.3. The van der Waals surface area contributed by atoms with Crippen molar-refractivity contribution in [2.24, 2.45) is 16.7 Å². The van der Waals surface area contributed by atoms with Gasteiger partial charge < -0.3 is 9.84 Å². The second kappa shape index (κ2) is 12.3. The Labute approximate surface area is 220 Å². The van der Waals surface area contributed by atoms with Crippen LogP contribution in [0.4, 0.5) is 0 Å². The highest BCUT2D eigenvalue weighted by atomic mass is 32.1.